The maximum Gasteiger partial charge on any atom is 0.158 e. The molecule has 0 aliphatic rings. The Bertz CT molecular complexity index is 433. The molecular formula is C10H14N4. The van der Waals surface area contributed by atoms with Gasteiger partial charge >= 0.3 is 0 Å². The average molecular weight is 190 g/mol. The molecule has 74 valence electrons. The van der Waals surface area contributed by atoms with Crippen LogP contribution in [0.2, 0.25) is 0 Å². The number of aryl methyl sites for hydroxylation is 2. The van der Waals surface area contributed by atoms with Crippen molar-refractivity contribution >= 4 is 5.65 Å². The smallest absolute Gasteiger partial charge is 0.158 e. The van der Waals surface area contributed by atoms with E-state index in [4.69, 9.17) is 5.73 Å². The van der Waals surface area contributed by atoms with E-state index in [1.165, 1.54) is 5.56 Å². The summed E-state index contributed by atoms with van der Waals surface area (Å²) < 4.78 is 1.82. The molecule has 14 heavy (non-hydrogen) atoms. The molecule has 2 N–H and O–H groups in total. The lowest BCUT2D eigenvalue weighted by Gasteiger charge is -2.00. The first kappa shape index (κ1) is 9.15. The molecule has 0 bridgehead atoms. The molecule has 0 fully saturated rings. The number of rotatable bonds is 3. The van der Waals surface area contributed by atoms with Crippen LogP contribution in [0.15, 0.2) is 18.3 Å². The lowest BCUT2D eigenvalue weighted by atomic mass is 10.1. The summed E-state index contributed by atoms with van der Waals surface area (Å²) in [5.41, 5.74) is 7.66. The van der Waals surface area contributed by atoms with E-state index in [1.54, 1.807) is 0 Å². The van der Waals surface area contributed by atoms with Gasteiger partial charge in [0.1, 0.15) is 5.82 Å². The third-order valence-electron chi connectivity index (χ3n) is 2.20. The van der Waals surface area contributed by atoms with E-state index in [1.807, 2.05) is 23.7 Å². The molecular weight excluding hydrogens is 176 g/mol. The van der Waals surface area contributed by atoms with Crippen molar-refractivity contribution in [3.8, 4) is 0 Å². The minimum Gasteiger partial charge on any atom is -0.330 e. The van der Waals surface area contributed by atoms with E-state index in [9.17, 15) is 0 Å². The van der Waals surface area contributed by atoms with E-state index < -0.39 is 0 Å². The van der Waals surface area contributed by atoms with Crippen molar-refractivity contribution in [2.24, 2.45) is 5.73 Å². The van der Waals surface area contributed by atoms with Gasteiger partial charge in [0.15, 0.2) is 5.65 Å². The zero-order valence-corrected chi connectivity index (χ0v) is 8.27. The Labute approximate surface area is 82.8 Å². The number of aromatic nitrogens is 3. The third-order valence-corrected chi connectivity index (χ3v) is 2.20. The first-order chi connectivity index (χ1) is 6.81. The molecule has 0 aromatic carbocycles. The van der Waals surface area contributed by atoms with Crippen LogP contribution in [0.4, 0.5) is 0 Å². The summed E-state index contributed by atoms with van der Waals surface area (Å²) in [5.74, 6) is 0.810. The quantitative estimate of drug-likeness (QED) is 0.783. The molecule has 0 saturated carbocycles. The van der Waals surface area contributed by atoms with Crippen molar-refractivity contribution in [2.75, 3.05) is 6.54 Å². The van der Waals surface area contributed by atoms with Crippen LogP contribution in [-0.2, 0) is 6.42 Å². The summed E-state index contributed by atoms with van der Waals surface area (Å²) in [6, 6.07) is 4.08. The first-order valence-electron chi connectivity index (χ1n) is 4.82. The summed E-state index contributed by atoms with van der Waals surface area (Å²) >= 11 is 0. The Morgan fingerprint density at radius 3 is 3.14 bits per heavy atom. The maximum absolute atomic E-state index is 5.48. The second-order valence-electron chi connectivity index (χ2n) is 3.35. The highest BCUT2D eigenvalue weighted by molar-refractivity contribution is 5.46. The Hall–Kier alpha value is -1.42. The lowest BCUT2D eigenvalue weighted by molar-refractivity contribution is 0.826. The molecule has 0 radical (unpaired) electrons. The number of hydrogen-bond acceptors (Lipinski definition) is 3. The summed E-state index contributed by atoms with van der Waals surface area (Å²) in [5, 5.41) is 4.26. The number of nitrogens with two attached hydrogens (primary N) is 1. The second-order valence-corrected chi connectivity index (χ2v) is 3.35. The van der Waals surface area contributed by atoms with Gasteiger partial charge in [-0.1, -0.05) is 6.07 Å². The molecule has 0 amide bonds. The van der Waals surface area contributed by atoms with Crippen LogP contribution in [0.3, 0.4) is 0 Å². The van der Waals surface area contributed by atoms with Crippen molar-refractivity contribution in [1.82, 2.24) is 14.6 Å². The first-order valence-corrected chi connectivity index (χ1v) is 4.82. The van der Waals surface area contributed by atoms with Crippen molar-refractivity contribution in [3.05, 3.63) is 29.7 Å². The van der Waals surface area contributed by atoms with E-state index in [2.05, 4.69) is 16.1 Å². The van der Waals surface area contributed by atoms with Crippen LogP contribution in [0.1, 0.15) is 17.8 Å². The SMILES string of the molecule is Cc1nc2c(CCCN)cccn2n1. The molecule has 2 heterocycles. The summed E-state index contributed by atoms with van der Waals surface area (Å²) in [4.78, 5) is 4.38. The minimum absolute atomic E-state index is 0.716. The van der Waals surface area contributed by atoms with Gasteiger partial charge in [0, 0.05) is 6.20 Å². The van der Waals surface area contributed by atoms with Crippen molar-refractivity contribution in [1.29, 1.82) is 0 Å². The fraction of sp³-hybridized carbons (Fsp3) is 0.400. The summed E-state index contributed by atoms with van der Waals surface area (Å²) in [6.45, 7) is 2.62. The van der Waals surface area contributed by atoms with Gasteiger partial charge in [0.2, 0.25) is 0 Å². The predicted octanol–water partition coefficient (Wildman–Crippen LogP) is 0.929. The van der Waals surface area contributed by atoms with Gasteiger partial charge in [-0.25, -0.2) is 9.50 Å². The van der Waals surface area contributed by atoms with Crippen LogP contribution >= 0.6 is 0 Å². The molecule has 0 atom stereocenters. The molecule has 0 saturated heterocycles. The molecule has 2 rings (SSSR count). The molecule has 4 heteroatoms. The van der Waals surface area contributed by atoms with E-state index in [0.717, 1.165) is 24.3 Å². The monoisotopic (exact) mass is 190 g/mol. The number of pyridine rings is 1. The Kier molecular flexibility index (Phi) is 2.45. The van der Waals surface area contributed by atoms with Gasteiger partial charge in [-0.2, -0.15) is 5.10 Å². The predicted molar refractivity (Wildman–Crippen MR) is 55.1 cm³/mol. The molecule has 0 aliphatic heterocycles. The Morgan fingerprint density at radius 1 is 1.50 bits per heavy atom. The standard InChI is InChI=1S/C10H14N4/c1-8-12-10-9(4-2-6-11)5-3-7-14(10)13-8/h3,5,7H,2,4,6,11H2,1H3. The lowest BCUT2D eigenvalue weighted by Crippen LogP contribution is -2.01. The fourth-order valence-electron chi connectivity index (χ4n) is 1.56. The van der Waals surface area contributed by atoms with Crippen molar-refractivity contribution < 1.29 is 0 Å². The average Bonchev–Trinajstić information content (AvgIpc) is 2.55. The zero-order valence-electron chi connectivity index (χ0n) is 8.27. The maximum atomic E-state index is 5.48. The van der Waals surface area contributed by atoms with Crippen molar-refractivity contribution in [3.63, 3.8) is 0 Å². The van der Waals surface area contributed by atoms with Crippen molar-refractivity contribution in [2.45, 2.75) is 19.8 Å². The minimum atomic E-state index is 0.716. The highest BCUT2D eigenvalue weighted by Crippen LogP contribution is 2.10. The van der Waals surface area contributed by atoms with Crippen LogP contribution in [-0.4, -0.2) is 21.1 Å². The van der Waals surface area contributed by atoms with Gasteiger partial charge in [0.25, 0.3) is 0 Å². The summed E-state index contributed by atoms with van der Waals surface area (Å²) in [6.07, 6.45) is 3.88. The van der Waals surface area contributed by atoms with Gasteiger partial charge < -0.3 is 5.73 Å². The van der Waals surface area contributed by atoms with Gasteiger partial charge in [-0.3, -0.25) is 0 Å². The van der Waals surface area contributed by atoms with E-state index in [0.29, 0.717) is 6.54 Å². The molecule has 0 unspecified atom stereocenters. The molecule has 4 nitrogen and oxygen atoms in total. The van der Waals surface area contributed by atoms with Gasteiger partial charge in [0.05, 0.1) is 0 Å². The molecule has 0 aliphatic carbocycles. The Balaban J connectivity index is 2.42. The number of fused-ring (bicyclic) bond motifs is 1. The fourth-order valence-corrected chi connectivity index (χ4v) is 1.56. The largest absolute Gasteiger partial charge is 0.330 e. The van der Waals surface area contributed by atoms with E-state index >= 15 is 0 Å². The van der Waals surface area contributed by atoms with Crippen LogP contribution in [0.25, 0.3) is 5.65 Å². The molecule has 0 spiro atoms. The summed E-state index contributed by atoms with van der Waals surface area (Å²) in [7, 11) is 0. The topological polar surface area (TPSA) is 56.2 Å². The van der Waals surface area contributed by atoms with Gasteiger partial charge in [-0.05, 0) is 37.9 Å². The van der Waals surface area contributed by atoms with Crippen LogP contribution < -0.4 is 5.73 Å². The van der Waals surface area contributed by atoms with Gasteiger partial charge in [-0.15, -0.1) is 0 Å². The zero-order chi connectivity index (χ0) is 9.97. The number of hydrogen-bond donors (Lipinski definition) is 1. The molecule has 2 aromatic heterocycles. The van der Waals surface area contributed by atoms with Crippen LogP contribution in [0.5, 0.6) is 0 Å². The second kappa shape index (κ2) is 3.75. The molecule has 2 aromatic rings. The third kappa shape index (κ3) is 1.61. The highest BCUT2D eigenvalue weighted by atomic mass is 15.3. The van der Waals surface area contributed by atoms with E-state index in [-0.39, 0.29) is 0 Å². The number of nitrogens with zero attached hydrogens (tertiary/aromatic N) is 3. The normalized spacial score (nSPS) is 11.0. The Morgan fingerprint density at radius 2 is 2.36 bits per heavy atom. The highest BCUT2D eigenvalue weighted by Gasteiger charge is 2.04. The van der Waals surface area contributed by atoms with Crippen LogP contribution in [0, 0.1) is 6.92 Å².